The first-order valence-electron chi connectivity index (χ1n) is 5.97. The number of benzene rings is 1. The molecule has 1 aliphatic rings. The summed E-state index contributed by atoms with van der Waals surface area (Å²) in [6.07, 6.45) is 5.21. The van der Waals surface area contributed by atoms with Crippen molar-refractivity contribution < 1.29 is 0 Å². The molecule has 7 heteroatoms. The molecular weight excluding hydrogens is 294 g/mol. The van der Waals surface area contributed by atoms with E-state index in [4.69, 9.17) is 11.6 Å². The molecule has 4 rings (SSSR count). The highest BCUT2D eigenvalue weighted by atomic mass is 35.5. The largest absolute Gasteiger partial charge is 0.300 e. The number of hydrogen-bond donors (Lipinski definition) is 1. The number of nitrogens with one attached hydrogen (secondary N) is 1. The zero-order chi connectivity index (χ0) is 13.5. The molecule has 0 saturated heterocycles. The van der Waals surface area contributed by atoms with Crippen molar-refractivity contribution in [2.45, 2.75) is 6.54 Å². The van der Waals surface area contributed by atoms with Crippen LogP contribution >= 0.6 is 22.9 Å². The van der Waals surface area contributed by atoms with Gasteiger partial charge in [-0.2, -0.15) is 0 Å². The van der Waals surface area contributed by atoms with E-state index in [0.717, 1.165) is 31.5 Å². The maximum atomic E-state index is 6.27. The number of fused-ring (bicyclic) bond motifs is 3. The summed E-state index contributed by atoms with van der Waals surface area (Å²) in [6, 6.07) is 3.71. The van der Waals surface area contributed by atoms with E-state index in [0.29, 0.717) is 12.5 Å². The molecular formula is C13H8ClN5S. The van der Waals surface area contributed by atoms with Crippen molar-refractivity contribution in [2.75, 3.05) is 5.32 Å². The topological polar surface area (TPSA) is 63.1 Å². The summed E-state index contributed by atoms with van der Waals surface area (Å²) in [5, 5.41) is 4.59. The summed E-state index contributed by atoms with van der Waals surface area (Å²) < 4.78 is 1.03. The molecule has 0 bridgehead atoms. The lowest BCUT2D eigenvalue weighted by molar-refractivity contribution is 1.11. The van der Waals surface area contributed by atoms with Crippen LogP contribution in [0.3, 0.4) is 0 Å². The summed E-state index contributed by atoms with van der Waals surface area (Å²) in [6.45, 7) is 0.631. The first-order chi connectivity index (χ1) is 9.81. The second-order valence-corrected chi connectivity index (χ2v) is 5.72. The Balaban J connectivity index is 1.82. The average Bonchev–Trinajstić information content (AvgIpc) is 3.06. The minimum atomic E-state index is 0.531. The Labute approximate surface area is 123 Å². The van der Waals surface area contributed by atoms with Crippen LogP contribution in [0.5, 0.6) is 0 Å². The Bertz CT molecular complexity index is 828. The van der Waals surface area contributed by atoms with Crippen molar-refractivity contribution >= 4 is 50.4 Å². The van der Waals surface area contributed by atoms with Crippen LogP contribution < -0.4 is 5.32 Å². The zero-order valence-electron chi connectivity index (χ0n) is 10.2. The zero-order valence-corrected chi connectivity index (χ0v) is 11.7. The number of halogens is 1. The molecule has 20 heavy (non-hydrogen) atoms. The molecule has 1 aliphatic heterocycles. The highest BCUT2D eigenvalue weighted by molar-refractivity contribution is 7.22. The van der Waals surface area contributed by atoms with Gasteiger partial charge in [-0.05, 0) is 12.1 Å². The van der Waals surface area contributed by atoms with Crippen molar-refractivity contribution in [3.63, 3.8) is 0 Å². The van der Waals surface area contributed by atoms with E-state index in [1.807, 2.05) is 12.3 Å². The molecule has 98 valence electrons. The maximum absolute atomic E-state index is 6.27. The average molecular weight is 302 g/mol. The number of nitrogens with zero attached hydrogens (tertiary/aromatic N) is 4. The van der Waals surface area contributed by atoms with E-state index < -0.39 is 0 Å². The molecule has 5 nitrogen and oxygen atoms in total. The molecule has 0 fully saturated rings. The Hall–Kier alpha value is -2.05. The lowest BCUT2D eigenvalue weighted by Crippen LogP contribution is -1.94. The minimum Gasteiger partial charge on any atom is -0.300 e. The van der Waals surface area contributed by atoms with E-state index >= 15 is 0 Å². The molecule has 0 unspecified atom stereocenters. The molecule has 0 amide bonds. The first-order valence-corrected chi connectivity index (χ1v) is 7.16. The molecule has 0 atom stereocenters. The lowest BCUT2D eigenvalue weighted by Gasteiger charge is -2.00. The van der Waals surface area contributed by atoms with Gasteiger partial charge in [0.05, 0.1) is 16.8 Å². The second kappa shape index (κ2) is 4.50. The SMILES string of the molecule is Clc1cc2sc(Nc3ncccn3)nc2c2c1CN=C2. The van der Waals surface area contributed by atoms with Crippen molar-refractivity contribution in [1.82, 2.24) is 15.0 Å². The molecule has 3 aromatic rings. The van der Waals surface area contributed by atoms with Crippen LogP contribution in [-0.4, -0.2) is 21.2 Å². The second-order valence-electron chi connectivity index (χ2n) is 4.28. The van der Waals surface area contributed by atoms with Gasteiger partial charge in [0.1, 0.15) is 0 Å². The monoisotopic (exact) mass is 301 g/mol. The van der Waals surface area contributed by atoms with E-state index in [2.05, 4.69) is 25.3 Å². The summed E-state index contributed by atoms with van der Waals surface area (Å²) in [4.78, 5) is 17.1. The fourth-order valence-electron chi connectivity index (χ4n) is 2.14. The minimum absolute atomic E-state index is 0.531. The van der Waals surface area contributed by atoms with Gasteiger partial charge in [-0.15, -0.1) is 0 Å². The molecule has 0 aliphatic carbocycles. The van der Waals surface area contributed by atoms with Crippen LogP contribution in [0.25, 0.3) is 10.2 Å². The summed E-state index contributed by atoms with van der Waals surface area (Å²) in [5.74, 6) is 0.531. The van der Waals surface area contributed by atoms with Crippen LogP contribution in [0.15, 0.2) is 29.5 Å². The van der Waals surface area contributed by atoms with Crippen LogP contribution in [0.4, 0.5) is 11.1 Å². The number of rotatable bonds is 2. The van der Waals surface area contributed by atoms with Gasteiger partial charge < -0.3 is 5.32 Å². The van der Waals surface area contributed by atoms with Gasteiger partial charge >= 0.3 is 0 Å². The van der Waals surface area contributed by atoms with Gasteiger partial charge in [0.25, 0.3) is 0 Å². The fraction of sp³-hybridized carbons (Fsp3) is 0.0769. The molecule has 1 aromatic carbocycles. The van der Waals surface area contributed by atoms with E-state index in [1.54, 1.807) is 18.5 Å². The highest BCUT2D eigenvalue weighted by Gasteiger charge is 2.18. The van der Waals surface area contributed by atoms with Crippen molar-refractivity contribution in [3.05, 3.63) is 40.7 Å². The third kappa shape index (κ3) is 1.85. The smallest absolute Gasteiger partial charge is 0.228 e. The number of aromatic nitrogens is 3. The van der Waals surface area contributed by atoms with Gasteiger partial charge in [-0.3, -0.25) is 4.99 Å². The summed E-state index contributed by atoms with van der Waals surface area (Å²) in [7, 11) is 0. The highest BCUT2D eigenvalue weighted by Crippen LogP contribution is 2.36. The third-order valence-electron chi connectivity index (χ3n) is 3.03. The van der Waals surface area contributed by atoms with Gasteiger partial charge in [0.2, 0.25) is 5.95 Å². The number of aliphatic imine (C=N–C) groups is 1. The van der Waals surface area contributed by atoms with Crippen LogP contribution in [0.2, 0.25) is 5.02 Å². The van der Waals surface area contributed by atoms with Gasteiger partial charge in [-0.1, -0.05) is 22.9 Å². The van der Waals surface area contributed by atoms with Crippen molar-refractivity contribution in [3.8, 4) is 0 Å². The third-order valence-corrected chi connectivity index (χ3v) is 4.29. The summed E-state index contributed by atoms with van der Waals surface area (Å²) in [5.41, 5.74) is 2.99. The molecule has 2 aromatic heterocycles. The number of hydrogen-bond acceptors (Lipinski definition) is 6. The first kappa shape index (κ1) is 11.7. The summed E-state index contributed by atoms with van der Waals surface area (Å²) >= 11 is 7.80. The quantitative estimate of drug-likeness (QED) is 0.788. The predicted molar refractivity (Wildman–Crippen MR) is 81.2 cm³/mol. The van der Waals surface area contributed by atoms with Crippen LogP contribution in [0.1, 0.15) is 11.1 Å². The van der Waals surface area contributed by atoms with Crippen LogP contribution in [0, 0.1) is 0 Å². The van der Waals surface area contributed by atoms with Gasteiger partial charge in [-0.25, -0.2) is 15.0 Å². The molecule has 3 heterocycles. The van der Waals surface area contributed by atoms with Crippen LogP contribution in [-0.2, 0) is 6.54 Å². The van der Waals surface area contributed by atoms with Gasteiger partial charge in [0, 0.05) is 34.8 Å². The van der Waals surface area contributed by atoms with E-state index in [-0.39, 0.29) is 0 Å². The Morgan fingerprint density at radius 3 is 2.95 bits per heavy atom. The molecule has 1 N–H and O–H groups in total. The molecule has 0 spiro atoms. The Morgan fingerprint density at radius 1 is 1.25 bits per heavy atom. The number of anilines is 2. The van der Waals surface area contributed by atoms with Crippen molar-refractivity contribution in [2.24, 2.45) is 4.99 Å². The number of thiazole rings is 1. The Morgan fingerprint density at radius 2 is 2.10 bits per heavy atom. The molecule has 0 radical (unpaired) electrons. The predicted octanol–water partition coefficient (Wildman–Crippen LogP) is 3.42. The standard InChI is InChI=1S/C13H8ClN5S/c14-9-4-10-11(8-6-15-5-7(8)9)18-13(20-10)19-12-16-2-1-3-17-12/h1-4,6H,5H2,(H,16,17,18,19). The normalized spacial score (nSPS) is 12.8. The van der Waals surface area contributed by atoms with E-state index in [1.165, 1.54) is 11.3 Å². The molecule has 0 saturated carbocycles. The fourth-order valence-corrected chi connectivity index (χ4v) is 3.39. The van der Waals surface area contributed by atoms with Gasteiger partial charge in [0.15, 0.2) is 5.13 Å². The van der Waals surface area contributed by atoms with Crippen molar-refractivity contribution in [1.29, 1.82) is 0 Å². The maximum Gasteiger partial charge on any atom is 0.228 e. The van der Waals surface area contributed by atoms with E-state index in [9.17, 15) is 0 Å². The lowest BCUT2D eigenvalue weighted by atomic mass is 10.1. The Kier molecular flexibility index (Phi) is 2.64.